The Kier molecular flexibility index (Phi) is 19.5. The van der Waals surface area contributed by atoms with E-state index < -0.39 is 0 Å². The molecular weight excluding hydrogens is 714 g/mol. The number of rotatable bonds is 29. The molecule has 0 spiro atoms. The van der Waals surface area contributed by atoms with Crippen LogP contribution in [-0.2, 0) is 47.9 Å². The van der Waals surface area contributed by atoms with Crippen molar-refractivity contribution in [2.24, 2.45) is 23.2 Å². The van der Waals surface area contributed by atoms with E-state index in [0.717, 1.165) is 69.4 Å². The van der Waals surface area contributed by atoms with Crippen molar-refractivity contribution in [3.8, 4) is 5.75 Å². The minimum atomic E-state index is -0.141. The highest BCUT2D eigenvalue weighted by molar-refractivity contribution is 5.94. The summed E-state index contributed by atoms with van der Waals surface area (Å²) in [4.78, 5) is 24.9. The molecule has 13 nitrogen and oxygen atoms in total. The Morgan fingerprint density at radius 1 is 0.821 bits per heavy atom. The summed E-state index contributed by atoms with van der Waals surface area (Å²) in [7, 11) is 1.97. The van der Waals surface area contributed by atoms with Crippen molar-refractivity contribution < 1.29 is 38.0 Å². The smallest absolute Gasteiger partial charge is 0.305 e. The summed E-state index contributed by atoms with van der Waals surface area (Å²) >= 11 is 0. The molecule has 13 heteroatoms. The Morgan fingerprint density at radius 3 is 2.21 bits per heavy atom. The van der Waals surface area contributed by atoms with Crippen molar-refractivity contribution in [3.63, 3.8) is 0 Å². The number of carbonyl (C=O) groups excluding carboxylic acids is 2. The van der Waals surface area contributed by atoms with Gasteiger partial charge < -0.3 is 39.1 Å². The minimum Gasteiger partial charge on any atom is -0.494 e. The van der Waals surface area contributed by atoms with E-state index in [1.54, 1.807) is 12.1 Å². The predicted octanol–water partition coefficient (Wildman–Crippen LogP) is 5.82. The number of carbonyl (C=O) groups is 2. The number of esters is 1. The number of benzene rings is 1. The van der Waals surface area contributed by atoms with Crippen molar-refractivity contribution in [2.45, 2.75) is 111 Å². The zero-order chi connectivity index (χ0) is 40.2. The Morgan fingerprint density at radius 2 is 1.50 bits per heavy atom. The number of hydrogen-bond acceptors (Lipinski definition) is 11. The summed E-state index contributed by atoms with van der Waals surface area (Å²) in [5, 5.41) is 15.1. The molecular formula is C43H71N5O8. The van der Waals surface area contributed by atoms with E-state index in [9.17, 15) is 9.59 Å². The van der Waals surface area contributed by atoms with Crippen LogP contribution in [0, 0.1) is 23.2 Å². The minimum absolute atomic E-state index is 0.0927. The average molecular weight is 786 g/mol. The van der Waals surface area contributed by atoms with E-state index >= 15 is 0 Å². The first-order chi connectivity index (χ1) is 27.0. The molecule has 1 heterocycles. The van der Waals surface area contributed by atoms with Gasteiger partial charge in [0.25, 0.3) is 5.91 Å². The van der Waals surface area contributed by atoms with E-state index in [1.165, 1.54) is 5.69 Å². The SMILES string of the molecule is CCC(C)(C)CCOCCOCCCC(=O)OC[C@@H]1[C@@H]2CCc3c(nnn3CCOCCOCCNC(=O)c3ccc(OCCCC(C)(C)NC)cc3)CC[C@@H]21. The molecule has 0 aliphatic heterocycles. The summed E-state index contributed by atoms with van der Waals surface area (Å²) in [6, 6.07) is 7.22. The molecule has 0 radical (unpaired) electrons. The van der Waals surface area contributed by atoms with Gasteiger partial charge in [0.05, 0.1) is 70.8 Å². The molecule has 0 saturated heterocycles. The molecule has 1 saturated carbocycles. The van der Waals surface area contributed by atoms with E-state index in [-0.39, 0.29) is 17.4 Å². The van der Waals surface area contributed by atoms with Gasteiger partial charge in [-0.15, -0.1) is 5.10 Å². The molecule has 1 aromatic heterocycles. The lowest BCUT2D eigenvalue weighted by Gasteiger charge is -2.23. The summed E-state index contributed by atoms with van der Waals surface area (Å²) in [6.45, 7) is 17.5. The van der Waals surface area contributed by atoms with Gasteiger partial charge in [0.15, 0.2) is 0 Å². The van der Waals surface area contributed by atoms with Crippen LogP contribution in [0.1, 0.15) is 108 Å². The van der Waals surface area contributed by atoms with Gasteiger partial charge in [0.2, 0.25) is 0 Å². The zero-order valence-corrected chi connectivity index (χ0v) is 35.2. The highest BCUT2D eigenvalue weighted by Gasteiger charge is 2.50. The number of hydrogen-bond donors (Lipinski definition) is 2. The van der Waals surface area contributed by atoms with Crippen molar-refractivity contribution in [1.82, 2.24) is 25.6 Å². The largest absolute Gasteiger partial charge is 0.494 e. The number of ether oxygens (including phenoxy) is 6. The predicted molar refractivity (Wildman–Crippen MR) is 216 cm³/mol. The lowest BCUT2D eigenvalue weighted by molar-refractivity contribution is -0.144. The van der Waals surface area contributed by atoms with E-state index in [2.05, 4.69) is 55.6 Å². The Bertz CT molecular complexity index is 1430. The fraction of sp³-hybridized carbons (Fsp3) is 0.767. The zero-order valence-electron chi connectivity index (χ0n) is 35.2. The normalized spacial score (nSPS) is 18.1. The van der Waals surface area contributed by atoms with Gasteiger partial charge >= 0.3 is 5.97 Å². The number of amides is 1. The van der Waals surface area contributed by atoms with Gasteiger partial charge in [-0.05, 0) is 120 Å². The number of nitrogens with one attached hydrogen (secondary N) is 2. The summed E-state index contributed by atoms with van der Waals surface area (Å²) in [6.07, 6.45) is 9.14. The van der Waals surface area contributed by atoms with Gasteiger partial charge in [-0.2, -0.15) is 0 Å². The van der Waals surface area contributed by atoms with Crippen LogP contribution in [0.15, 0.2) is 24.3 Å². The van der Waals surface area contributed by atoms with Crippen molar-refractivity contribution in [3.05, 3.63) is 41.2 Å². The third-order valence-electron chi connectivity index (χ3n) is 11.6. The molecule has 2 N–H and O–H groups in total. The molecule has 56 heavy (non-hydrogen) atoms. The van der Waals surface area contributed by atoms with Crippen LogP contribution < -0.4 is 15.4 Å². The highest BCUT2D eigenvalue weighted by atomic mass is 16.5. The number of aromatic nitrogens is 3. The summed E-state index contributed by atoms with van der Waals surface area (Å²) in [5.41, 5.74) is 3.28. The number of nitrogens with zero attached hydrogens (tertiary/aromatic N) is 3. The molecule has 1 fully saturated rings. The van der Waals surface area contributed by atoms with Crippen molar-refractivity contribution in [2.75, 3.05) is 79.7 Å². The first-order valence-corrected chi connectivity index (χ1v) is 21.1. The van der Waals surface area contributed by atoms with Crippen LogP contribution in [0.2, 0.25) is 0 Å². The number of fused-ring (bicyclic) bond motifs is 2. The maximum Gasteiger partial charge on any atom is 0.305 e. The molecule has 0 bridgehead atoms. The first kappa shape index (κ1) is 45.6. The second-order valence-electron chi connectivity index (χ2n) is 16.6. The fourth-order valence-corrected chi connectivity index (χ4v) is 7.02. The van der Waals surface area contributed by atoms with Gasteiger partial charge in [-0.1, -0.05) is 32.4 Å². The Labute approximate surface area is 335 Å². The van der Waals surface area contributed by atoms with E-state index in [4.69, 9.17) is 28.4 Å². The topological polar surface area (TPSA) is 144 Å². The van der Waals surface area contributed by atoms with Crippen LogP contribution in [-0.4, -0.2) is 112 Å². The van der Waals surface area contributed by atoms with Gasteiger partial charge in [-0.3, -0.25) is 9.59 Å². The summed E-state index contributed by atoms with van der Waals surface area (Å²) in [5.74, 6) is 2.10. The summed E-state index contributed by atoms with van der Waals surface area (Å²) < 4.78 is 36.3. The van der Waals surface area contributed by atoms with Crippen LogP contribution in [0.3, 0.4) is 0 Å². The van der Waals surface area contributed by atoms with Gasteiger partial charge in [0, 0.05) is 37.3 Å². The van der Waals surface area contributed by atoms with Crippen molar-refractivity contribution >= 4 is 11.9 Å². The molecule has 4 rings (SSSR count). The van der Waals surface area contributed by atoms with Crippen molar-refractivity contribution in [1.29, 1.82) is 0 Å². The van der Waals surface area contributed by atoms with Crippen LogP contribution in [0.5, 0.6) is 5.75 Å². The third-order valence-corrected chi connectivity index (χ3v) is 11.6. The van der Waals surface area contributed by atoms with Crippen LogP contribution in [0.4, 0.5) is 0 Å². The second kappa shape index (κ2) is 24.0. The lowest BCUT2D eigenvalue weighted by atomic mass is 9.87. The second-order valence-corrected chi connectivity index (χ2v) is 16.6. The van der Waals surface area contributed by atoms with Gasteiger partial charge in [-0.25, -0.2) is 4.68 Å². The maximum absolute atomic E-state index is 12.5. The number of aryl methyl sites for hydroxylation is 1. The monoisotopic (exact) mass is 786 g/mol. The molecule has 316 valence electrons. The van der Waals surface area contributed by atoms with E-state index in [1.807, 2.05) is 23.9 Å². The molecule has 2 aromatic rings. The molecule has 1 aromatic carbocycles. The quantitative estimate of drug-likeness (QED) is 0.0761. The Balaban J connectivity index is 0.982. The van der Waals surface area contributed by atoms with E-state index in [0.29, 0.717) is 114 Å². The average Bonchev–Trinajstić information content (AvgIpc) is 3.70. The van der Waals surface area contributed by atoms with Crippen LogP contribution in [0.25, 0.3) is 0 Å². The lowest BCUT2D eigenvalue weighted by Crippen LogP contribution is -2.36. The fourth-order valence-electron chi connectivity index (χ4n) is 7.02. The van der Waals surface area contributed by atoms with Crippen LogP contribution >= 0.6 is 0 Å². The van der Waals surface area contributed by atoms with Gasteiger partial charge in [0.1, 0.15) is 5.75 Å². The first-order valence-electron chi connectivity index (χ1n) is 21.1. The molecule has 1 amide bonds. The molecule has 2 aliphatic carbocycles. The molecule has 0 unspecified atom stereocenters. The highest BCUT2D eigenvalue weighted by Crippen LogP contribution is 2.53. The maximum atomic E-state index is 12.5. The molecule has 2 aliphatic rings. The standard InChI is InChI=1S/C43H71N5O8/c1-7-42(2,3)20-25-52-29-28-51-23-8-10-40(49)56-32-37-35-15-17-38-39(18-16-36(35)37)48(47-46-38)22-27-54-31-30-53-26-21-45-41(50)33-11-13-34(14-12-33)55-24-9-19-43(4,5)44-6/h11-14,35-37,44H,7-10,15-32H2,1-6H3,(H,45,50)/t35-,36+,37-/m0/s1. The molecule has 3 atom stereocenters. The Hall–Kier alpha value is -3.10. The third kappa shape index (κ3) is 16.4.